The van der Waals surface area contributed by atoms with Crippen LogP contribution in [0.4, 0.5) is 0 Å². The van der Waals surface area contributed by atoms with Gasteiger partial charge < -0.3 is 15.5 Å². The van der Waals surface area contributed by atoms with Gasteiger partial charge in [0.2, 0.25) is 5.91 Å². The van der Waals surface area contributed by atoms with Gasteiger partial charge in [-0.15, -0.1) is 0 Å². The Balaban J connectivity index is 3.62. The Bertz CT molecular complexity index is 157. The number of likely N-dealkylation sites (N-methyl/N-ethyl adjacent to an activating group) is 1. The third-order valence-corrected chi connectivity index (χ3v) is 1.86. The van der Waals surface area contributed by atoms with Gasteiger partial charge in [0.15, 0.2) is 0 Å². The van der Waals surface area contributed by atoms with Crippen molar-refractivity contribution < 1.29 is 4.79 Å². The summed E-state index contributed by atoms with van der Waals surface area (Å²) in [5.41, 5.74) is 5.47. The molecule has 0 aromatic rings. The van der Waals surface area contributed by atoms with Crippen molar-refractivity contribution in [3.05, 3.63) is 0 Å². The molecule has 1 unspecified atom stereocenters. The van der Waals surface area contributed by atoms with E-state index in [1.807, 2.05) is 14.1 Å². The Morgan fingerprint density at radius 3 is 2.23 bits per heavy atom. The smallest absolute Gasteiger partial charge is 0.238 e. The van der Waals surface area contributed by atoms with E-state index in [4.69, 9.17) is 5.73 Å². The fourth-order valence-electron chi connectivity index (χ4n) is 1.08. The van der Waals surface area contributed by atoms with Gasteiger partial charge in [-0.1, -0.05) is 0 Å². The highest BCUT2D eigenvalue weighted by Crippen LogP contribution is 1.92. The second kappa shape index (κ2) is 5.94. The van der Waals surface area contributed by atoms with Crippen molar-refractivity contribution in [3.8, 4) is 0 Å². The Kier molecular flexibility index (Phi) is 5.66. The minimum atomic E-state index is -0.385. The minimum absolute atomic E-state index is 0.0127. The van der Waals surface area contributed by atoms with E-state index in [1.54, 1.807) is 18.9 Å². The zero-order valence-electron chi connectivity index (χ0n) is 9.08. The van der Waals surface area contributed by atoms with Crippen molar-refractivity contribution >= 4 is 5.91 Å². The van der Waals surface area contributed by atoms with Gasteiger partial charge >= 0.3 is 0 Å². The molecule has 1 amide bonds. The van der Waals surface area contributed by atoms with Crippen LogP contribution in [0.5, 0.6) is 0 Å². The molecule has 0 spiro atoms. The number of rotatable bonds is 5. The Morgan fingerprint density at radius 2 is 1.85 bits per heavy atom. The summed E-state index contributed by atoms with van der Waals surface area (Å²) in [5, 5.41) is 0. The summed E-state index contributed by atoms with van der Waals surface area (Å²) < 4.78 is 0. The second-order valence-corrected chi connectivity index (χ2v) is 3.71. The Morgan fingerprint density at radius 1 is 1.31 bits per heavy atom. The van der Waals surface area contributed by atoms with E-state index in [-0.39, 0.29) is 11.9 Å². The quantitative estimate of drug-likeness (QED) is 0.645. The molecular formula is C9H21N3O. The molecule has 2 N–H and O–H groups in total. The van der Waals surface area contributed by atoms with E-state index in [0.29, 0.717) is 0 Å². The summed E-state index contributed by atoms with van der Waals surface area (Å²) in [4.78, 5) is 15.1. The highest BCUT2D eigenvalue weighted by molar-refractivity contribution is 5.80. The van der Waals surface area contributed by atoms with Gasteiger partial charge in [0.25, 0.3) is 0 Å². The zero-order valence-corrected chi connectivity index (χ0v) is 9.08. The molecular weight excluding hydrogens is 166 g/mol. The molecule has 4 nitrogen and oxygen atoms in total. The van der Waals surface area contributed by atoms with Crippen LogP contribution in [0, 0.1) is 0 Å². The number of amides is 1. The summed E-state index contributed by atoms with van der Waals surface area (Å²) in [5.74, 6) is 0.0127. The summed E-state index contributed by atoms with van der Waals surface area (Å²) >= 11 is 0. The number of nitrogens with two attached hydrogens (primary N) is 1. The molecule has 0 radical (unpaired) electrons. The van der Waals surface area contributed by atoms with Crippen LogP contribution in [-0.2, 0) is 4.79 Å². The molecule has 0 saturated heterocycles. The maximum atomic E-state index is 11.3. The van der Waals surface area contributed by atoms with Crippen LogP contribution in [0.15, 0.2) is 0 Å². The number of carbonyl (C=O) groups excluding carboxylic acids is 1. The largest absolute Gasteiger partial charge is 0.344 e. The van der Waals surface area contributed by atoms with Gasteiger partial charge in [-0.2, -0.15) is 0 Å². The van der Waals surface area contributed by atoms with Gasteiger partial charge in [0.1, 0.15) is 0 Å². The number of hydrogen-bond acceptors (Lipinski definition) is 3. The lowest BCUT2D eigenvalue weighted by atomic mass is 10.3. The maximum Gasteiger partial charge on any atom is 0.238 e. The van der Waals surface area contributed by atoms with Crippen molar-refractivity contribution in [2.45, 2.75) is 19.4 Å². The normalized spacial score (nSPS) is 13.1. The van der Waals surface area contributed by atoms with E-state index in [2.05, 4.69) is 4.90 Å². The third-order valence-electron chi connectivity index (χ3n) is 1.86. The van der Waals surface area contributed by atoms with Crippen LogP contribution in [-0.4, -0.2) is 56.0 Å². The zero-order chi connectivity index (χ0) is 10.4. The Labute approximate surface area is 80.7 Å². The maximum absolute atomic E-state index is 11.3. The molecule has 0 heterocycles. The molecule has 0 aromatic carbocycles. The monoisotopic (exact) mass is 187 g/mol. The van der Waals surface area contributed by atoms with E-state index >= 15 is 0 Å². The molecule has 0 aliphatic rings. The van der Waals surface area contributed by atoms with Gasteiger partial charge in [-0.05, 0) is 34.0 Å². The van der Waals surface area contributed by atoms with Gasteiger partial charge in [0, 0.05) is 13.6 Å². The van der Waals surface area contributed by atoms with Crippen molar-refractivity contribution in [2.75, 3.05) is 34.2 Å². The summed E-state index contributed by atoms with van der Waals surface area (Å²) in [6.45, 7) is 3.49. The SMILES string of the molecule is CC(N)C(=O)N(C)CCCN(C)C. The van der Waals surface area contributed by atoms with Crippen molar-refractivity contribution in [1.82, 2.24) is 9.80 Å². The minimum Gasteiger partial charge on any atom is -0.344 e. The first kappa shape index (κ1) is 12.4. The molecule has 4 heteroatoms. The first-order valence-electron chi connectivity index (χ1n) is 4.60. The molecule has 0 fully saturated rings. The number of carbonyl (C=O) groups is 1. The lowest BCUT2D eigenvalue weighted by Gasteiger charge is -2.20. The van der Waals surface area contributed by atoms with Crippen molar-refractivity contribution in [3.63, 3.8) is 0 Å². The predicted octanol–water partition coefficient (Wildman–Crippen LogP) is -0.256. The van der Waals surface area contributed by atoms with Gasteiger partial charge in [-0.25, -0.2) is 0 Å². The lowest BCUT2D eigenvalue weighted by molar-refractivity contribution is -0.130. The van der Waals surface area contributed by atoms with Crippen LogP contribution in [0.2, 0.25) is 0 Å². The highest BCUT2D eigenvalue weighted by Gasteiger charge is 2.12. The first-order chi connectivity index (χ1) is 5.95. The van der Waals surface area contributed by atoms with Crippen LogP contribution < -0.4 is 5.73 Å². The molecule has 0 aliphatic heterocycles. The summed E-state index contributed by atoms with van der Waals surface area (Å²) in [7, 11) is 5.84. The predicted molar refractivity (Wildman–Crippen MR) is 54.5 cm³/mol. The average molecular weight is 187 g/mol. The van der Waals surface area contributed by atoms with Crippen LogP contribution in [0.1, 0.15) is 13.3 Å². The molecule has 0 aliphatic carbocycles. The fraction of sp³-hybridized carbons (Fsp3) is 0.889. The van der Waals surface area contributed by atoms with Gasteiger partial charge in [0.05, 0.1) is 6.04 Å². The molecule has 0 rings (SSSR count). The Hall–Kier alpha value is -0.610. The third kappa shape index (κ3) is 5.60. The fourth-order valence-corrected chi connectivity index (χ4v) is 1.08. The van der Waals surface area contributed by atoms with Crippen molar-refractivity contribution in [1.29, 1.82) is 0 Å². The molecule has 13 heavy (non-hydrogen) atoms. The first-order valence-corrected chi connectivity index (χ1v) is 4.60. The summed E-state index contributed by atoms with van der Waals surface area (Å²) in [6.07, 6.45) is 0.988. The van der Waals surface area contributed by atoms with E-state index in [1.165, 1.54) is 0 Å². The number of nitrogens with zero attached hydrogens (tertiary/aromatic N) is 2. The van der Waals surface area contributed by atoms with Crippen LogP contribution >= 0.6 is 0 Å². The molecule has 1 atom stereocenters. The molecule has 0 bridgehead atoms. The summed E-state index contributed by atoms with van der Waals surface area (Å²) in [6, 6.07) is -0.385. The second-order valence-electron chi connectivity index (χ2n) is 3.71. The average Bonchev–Trinajstić information content (AvgIpc) is 2.02. The number of hydrogen-bond donors (Lipinski definition) is 1. The molecule has 78 valence electrons. The van der Waals surface area contributed by atoms with Crippen LogP contribution in [0.25, 0.3) is 0 Å². The van der Waals surface area contributed by atoms with Crippen LogP contribution in [0.3, 0.4) is 0 Å². The topological polar surface area (TPSA) is 49.6 Å². The molecule has 0 saturated carbocycles. The van der Waals surface area contributed by atoms with E-state index in [9.17, 15) is 4.79 Å². The molecule has 0 aromatic heterocycles. The van der Waals surface area contributed by atoms with Crippen molar-refractivity contribution in [2.24, 2.45) is 5.73 Å². The highest BCUT2D eigenvalue weighted by atomic mass is 16.2. The van der Waals surface area contributed by atoms with E-state index < -0.39 is 0 Å². The standard InChI is InChI=1S/C9H21N3O/c1-8(10)9(13)12(4)7-5-6-11(2)3/h8H,5-7,10H2,1-4H3. The van der Waals surface area contributed by atoms with E-state index in [0.717, 1.165) is 19.5 Å². The van der Waals surface area contributed by atoms with Gasteiger partial charge in [-0.3, -0.25) is 4.79 Å². The lowest BCUT2D eigenvalue weighted by Crippen LogP contribution is -2.40.